The fraction of sp³-hybridized carbons (Fsp3) is 0.179. The van der Waals surface area contributed by atoms with Gasteiger partial charge in [0, 0.05) is 28.6 Å². The summed E-state index contributed by atoms with van der Waals surface area (Å²) in [6.45, 7) is 3.20. The van der Waals surface area contributed by atoms with E-state index < -0.39 is 5.91 Å². The molecule has 0 bridgehead atoms. The lowest BCUT2D eigenvalue weighted by atomic mass is 9.93. The van der Waals surface area contributed by atoms with E-state index in [0.717, 1.165) is 17.0 Å². The fourth-order valence-electron chi connectivity index (χ4n) is 4.55. The Labute approximate surface area is 233 Å². The number of nitrogens with one attached hydrogen (secondary N) is 1. The number of benzene rings is 2. The Morgan fingerprint density at radius 2 is 1.73 bits per heavy atom. The maximum absolute atomic E-state index is 13.4. The zero-order valence-corrected chi connectivity index (χ0v) is 23.2. The van der Waals surface area contributed by atoms with E-state index in [0.29, 0.717) is 49.8 Å². The van der Waals surface area contributed by atoms with Crippen LogP contribution in [0.2, 0.25) is 0 Å². The lowest BCUT2D eigenvalue weighted by Crippen LogP contribution is -2.31. The summed E-state index contributed by atoms with van der Waals surface area (Å²) < 4.78 is 23.3. The number of pyridine rings is 1. The molecule has 0 unspecified atom stereocenters. The molecule has 1 amide bonds. The van der Waals surface area contributed by atoms with Crippen LogP contribution in [0.25, 0.3) is 27.0 Å². The molecule has 5 rings (SSSR count). The number of aryl methyl sites for hydroxylation is 1. The van der Waals surface area contributed by atoms with Crippen molar-refractivity contribution in [3.63, 3.8) is 0 Å². The lowest BCUT2D eigenvalue weighted by Gasteiger charge is -2.17. The summed E-state index contributed by atoms with van der Waals surface area (Å²) in [5.74, 6) is 0.618. The second-order valence-electron chi connectivity index (χ2n) is 8.74. The SMILES string of the molecule is COc1cc(-c2c(C(C)=O)c(C)nc3sc(C(=O)Nc4c[n+](-c5ccccc5)no4)c(N)c23)cc(OC)c1OC. The van der Waals surface area contributed by atoms with Gasteiger partial charge in [0.05, 0.1) is 32.7 Å². The molecular formula is C28H26N5O6S+. The number of ketones is 1. The van der Waals surface area contributed by atoms with Crippen LogP contribution in [0.1, 0.15) is 32.6 Å². The number of hydrogen-bond acceptors (Lipinski definition) is 10. The number of amides is 1. The van der Waals surface area contributed by atoms with Gasteiger partial charge in [0.2, 0.25) is 16.7 Å². The van der Waals surface area contributed by atoms with Crippen LogP contribution in [-0.2, 0) is 0 Å². The number of nitrogens with zero attached hydrogens (tertiary/aromatic N) is 3. The summed E-state index contributed by atoms with van der Waals surface area (Å²) in [4.78, 5) is 31.6. The number of nitrogen functional groups attached to an aromatic ring is 1. The highest BCUT2D eigenvalue weighted by Crippen LogP contribution is 2.47. The first-order chi connectivity index (χ1) is 19.3. The van der Waals surface area contributed by atoms with Gasteiger partial charge in [-0.1, -0.05) is 18.2 Å². The number of hydrogen-bond donors (Lipinski definition) is 2. The molecule has 2 aromatic carbocycles. The van der Waals surface area contributed by atoms with Gasteiger partial charge in [0.1, 0.15) is 9.71 Å². The van der Waals surface area contributed by atoms with E-state index in [4.69, 9.17) is 24.5 Å². The molecule has 12 heteroatoms. The molecule has 0 atom stereocenters. The normalized spacial score (nSPS) is 10.9. The first-order valence-corrected chi connectivity index (χ1v) is 12.9. The maximum Gasteiger partial charge on any atom is 0.303 e. The molecule has 40 heavy (non-hydrogen) atoms. The Kier molecular flexibility index (Phi) is 7.09. The minimum absolute atomic E-state index is 0.129. The molecule has 0 aliphatic carbocycles. The van der Waals surface area contributed by atoms with Crippen molar-refractivity contribution in [2.24, 2.45) is 0 Å². The Morgan fingerprint density at radius 3 is 2.33 bits per heavy atom. The van der Waals surface area contributed by atoms with Crippen molar-refractivity contribution in [3.8, 4) is 34.1 Å². The highest BCUT2D eigenvalue weighted by atomic mass is 32.1. The fourth-order valence-corrected chi connectivity index (χ4v) is 5.60. The number of carbonyl (C=O) groups is 2. The molecule has 0 saturated heterocycles. The van der Waals surface area contributed by atoms with Gasteiger partial charge >= 0.3 is 5.88 Å². The Morgan fingerprint density at radius 1 is 1.05 bits per heavy atom. The molecule has 0 radical (unpaired) electrons. The molecule has 0 aliphatic rings. The number of para-hydroxylation sites is 1. The monoisotopic (exact) mass is 560 g/mol. The number of fused-ring (bicyclic) bond motifs is 1. The molecule has 3 N–H and O–H groups in total. The van der Waals surface area contributed by atoms with Gasteiger partial charge in [-0.2, -0.15) is 0 Å². The first-order valence-electron chi connectivity index (χ1n) is 12.1. The van der Waals surface area contributed by atoms with Gasteiger partial charge in [0.15, 0.2) is 17.3 Å². The molecule has 0 fully saturated rings. The largest absolute Gasteiger partial charge is 0.493 e. The highest BCUT2D eigenvalue weighted by Gasteiger charge is 2.28. The second kappa shape index (κ2) is 10.7. The zero-order chi connectivity index (χ0) is 28.6. The smallest absolute Gasteiger partial charge is 0.303 e. The Balaban J connectivity index is 1.64. The van der Waals surface area contributed by atoms with Crippen LogP contribution in [0, 0.1) is 6.92 Å². The minimum Gasteiger partial charge on any atom is -0.493 e. The quantitative estimate of drug-likeness (QED) is 0.206. The summed E-state index contributed by atoms with van der Waals surface area (Å²) in [7, 11) is 4.52. The van der Waals surface area contributed by atoms with E-state index >= 15 is 0 Å². The van der Waals surface area contributed by atoms with Crippen LogP contribution < -0.4 is 29.9 Å². The maximum atomic E-state index is 13.4. The molecule has 11 nitrogen and oxygen atoms in total. The summed E-state index contributed by atoms with van der Waals surface area (Å²) >= 11 is 1.11. The number of nitrogens with two attached hydrogens (primary N) is 1. The van der Waals surface area contributed by atoms with Crippen LogP contribution in [0.5, 0.6) is 17.2 Å². The molecule has 3 aromatic heterocycles. The van der Waals surface area contributed by atoms with E-state index in [9.17, 15) is 9.59 Å². The number of thiophene rings is 1. The Bertz CT molecular complexity index is 1740. The average molecular weight is 561 g/mol. The predicted octanol–water partition coefficient (Wildman–Crippen LogP) is 4.60. The number of rotatable bonds is 8. The molecule has 0 saturated carbocycles. The zero-order valence-electron chi connectivity index (χ0n) is 22.4. The summed E-state index contributed by atoms with van der Waals surface area (Å²) in [5.41, 5.74) is 9.52. The molecule has 3 heterocycles. The minimum atomic E-state index is -0.505. The number of carbonyl (C=O) groups excluding carboxylic acids is 2. The first kappa shape index (κ1) is 26.6. The van der Waals surface area contributed by atoms with E-state index in [1.165, 1.54) is 32.9 Å². The van der Waals surface area contributed by atoms with Gasteiger partial charge in [-0.05, 0) is 36.2 Å². The van der Waals surface area contributed by atoms with Gasteiger partial charge in [-0.25, -0.2) is 4.98 Å². The highest BCUT2D eigenvalue weighted by molar-refractivity contribution is 7.21. The van der Waals surface area contributed by atoms with Crippen LogP contribution in [0.15, 0.2) is 53.2 Å². The third-order valence-corrected chi connectivity index (χ3v) is 7.39. The van der Waals surface area contributed by atoms with E-state index in [1.54, 1.807) is 25.3 Å². The van der Waals surface area contributed by atoms with E-state index in [1.807, 2.05) is 30.3 Å². The van der Waals surface area contributed by atoms with Crippen molar-refractivity contribution in [1.29, 1.82) is 0 Å². The van der Waals surface area contributed by atoms with Crippen molar-refractivity contribution in [2.45, 2.75) is 13.8 Å². The van der Waals surface area contributed by atoms with Crippen LogP contribution >= 0.6 is 11.3 Å². The predicted molar refractivity (Wildman–Crippen MR) is 150 cm³/mol. The second-order valence-corrected chi connectivity index (χ2v) is 9.74. The summed E-state index contributed by atoms with van der Waals surface area (Å²) in [6, 6.07) is 12.8. The number of anilines is 2. The van der Waals surface area contributed by atoms with Crippen molar-refractivity contribution in [1.82, 2.24) is 10.3 Å². The van der Waals surface area contributed by atoms with Crippen LogP contribution in [0.3, 0.4) is 0 Å². The lowest BCUT2D eigenvalue weighted by molar-refractivity contribution is -0.670. The van der Waals surface area contributed by atoms with Crippen molar-refractivity contribution < 1.29 is 33.0 Å². The number of aromatic nitrogens is 3. The van der Waals surface area contributed by atoms with Crippen LogP contribution in [-0.4, -0.2) is 43.3 Å². The van der Waals surface area contributed by atoms with Crippen molar-refractivity contribution >= 4 is 44.8 Å². The standard InChI is InChI=1S/C28H25N5O6S/c1-14-21(15(2)34)22(16-11-18(36-3)25(38-5)19(12-16)37-4)23-24(29)26(40-28(23)30-14)27(35)31-20-13-33(32-39-20)17-9-7-6-8-10-17/h6-13H,1-5H3,(H2-,29,31,32,35)/p+1. The van der Waals surface area contributed by atoms with Gasteiger partial charge < -0.3 is 19.9 Å². The van der Waals surface area contributed by atoms with E-state index in [2.05, 4.69) is 15.6 Å². The third kappa shape index (κ3) is 4.58. The van der Waals surface area contributed by atoms with Crippen molar-refractivity contribution in [2.75, 3.05) is 32.4 Å². The molecule has 5 aromatic rings. The topological polar surface area (TPSA) is 143 Å². The number of methoxy groups -OCH3 is 3. The third-order valence-electron chi connectivity index (χ3n) is 6.29. The molecular weight excluding hydrogens is 534 g/mol. The van der Waals surface area contributed by atoms with Gasteiger partial charge in [-0.15, -0.1) is 11.3 Å². The van der Waals surface area contributed by atoms with Crippen LogP contribution in [0.4, 0.5) is 11.6 Å². The summed E-state index contributed by atoms with van der Waals surface area (Å²) in [5, 5.41) is 7.13. The molecule has 0 aliphatic heterocycles. The number of ether oxygens (including phenoxy) is 3. The van der Waals surface area contributed by atoms with Crippen molar-refractivity contribution in [3.05, 3.63) is 64.8 Å². The average Bonchev–Trinajstić information content (AvgIpc) is 3.55. The Hall–Kier alpha value is -4.97. The van der Waals surface area contributed by atoms with E-state index in [-0.39, 0.29) is 22.2 Å². The molecule has 0 spiro atoms. The summed E-state index contributed by atoms with van der Waals surface area (Å²) in [6.07, 6.45) is 1.55. The molecule has 204 valence electrons. The van der Waals surface area contributed by atoms with Gasteiger partial charge in [-0.3, -0.25) is 19.4 Å². The van der Waals surface area contributed by atoms with Gasteiger partial charge in [0.25, 0.3) is 12.1 Å². The number of Topliss-reactive ketones (excluding diaryl/α,β-unsaturated/α-hetero) is 1.